The molecule has 0 aromatic heterocycles. The summed E-state index contributed by atoms with van der Waals surface area (Å²) in [6.07, 6.45) is 5.13. The van der Waals surface area contributed by atoms with E-state index in [1.165, 1.54) is 31.4 Å². The fraction of sp³-hybridized carbons (Fsp3) is 0.533. The molecule has 38 heavy (non-hydrogen) atoms. The number of fused-ring (bicyclic) bond motifs is 1. The van der Waals surface area contributed by atoms with Gasteiger partial charge in [-0.15, -0.1) is 0 Å². The molecule has 3 aliphatic heterocycles. The first-order chi connectivity index (χ1) is 18.5. The number of rotatable bonds is 9. The fourth-order valence-electron chi connectivity index (χ4n) is 6.33. The van der Waals surface area contributed by atoms with Gasteiger partial charge in [-0.25, -0.2) is 4.39 Å². The number of nitrogens with zero attached hydrogens (tertiary/aromatic N) is 3. The zero-order chi connectivity index (χ0) is 26.5. The van der Waals surface area contributed by atoms with Gasteiger partial charge in [0.2, 0.25) is 5.91 Å². The van der Waals surface area contributed by atoms with Gasteiger partial charge in [-0.1, -0.05) is 54.4 Å². The highest BCUT2D eigenvalue weighted by molar-refractivity contribution is 6.33. The number of carbonyl (C=O) groups is 2. The largest absolute Gasteiger partial charge is 0.349 e. The minimum absolute atomic E-state index is 0.0206. The zero-order valence-electron chi connectivity index (χ0n) is 22.0. The fourth-order valence-corrected chi connectivity index (χ4v) is 6.57. The van der Waals surface area contributed by atoms with Gasteiger partial charge in [-0.3, -0.25) is 9.59 Å². The lowest BCUT2D eigenvalue weighted by molar-refractivity contribution is -0.122. The molecule has 2 aromatic rings. The second kappa shape index (κ2) is 12.6. The van der Waals surface area contributed by atoms with Crippen molar-refractivity contribution in [1.29, 1.82) is 0 Å². The number of piperidine rings is 1. The average molecular weight is 541 g/mol. The van der Waals surface area contributed by atoms with Crippen molar-refractivity contribution in [1.82, 2.24) is 20.0 Å². The lowest BCUT2D eigenvalue weighted by atomic mass is 10.0. The topological polar surface area (TPSA) is 55.9 Å². The molecule has 3 fully saturated rings. The number of benzene rings is 2. The Hall–Kier alpha value is -2.48. The maximum Gasteiger partial charge on any atom is 0.258 e. The van der Waals surface area contributed by atoms with Crippen LogP contribution in [0.5, 0.6) is 0 Å². The molecule has 2 amide bonds. The normalized spacial score (nSPS) is 22.8. The van der Waals surface area contributed by atoms with Crippen LogP contribution in [0.3, 0.4) is 0 Å². The Morgan fingerprint density at radius 3 is 2.29 bits per heavy atom. The third-order valence-electron chi connectivity index (χ3n) is 8.40. The molecule has 1 N–H and O–H groups in total. The summed E-state index contributed by atoms with van der Waals surface area (Å²) in [4.78, 5) is 32.4. The summed E-state index contributed by atoms with van der Waals surface area (Å²) in [5, 5.41) is 3.47. The Morgan fingerprint density at radius 1 is 0.895 bits per heavy atom. The monoisotopic (exact) mass is 540 g/mol. The highest BCUT2D eigenvalue weighted by Crippen LogP contribution is 2.33. The van der Waals surface area contributed by atoms with Gasteiger partial charge in [-0.2, -0.15) is 0 Å². The molecule has 2 aromatic carbocycles. The van der Waals surface area contributed by atoms with Crippen molar-refractivity contribution in [2.45, 2.75) is 38.1 Å². The molecule has 3 unspecified atom stereocenters. The molecule has 0 radical (unpaired) electrons. The van der Waals surface area contributed by atoms with Crippen LogP contribution in [0.4, 0.5) is 4.39 Å². The van der Waals surface area contributed by atoms with E-state index < -0.39 is 5.82 Å². The summed E-state index contributed by atoms with van der Waals surface area (Å²) < 4.78 is 14.3. The SMILES string of the molecule is O=C(CCN1CCCCC1)NC(CCN1CC2CN(C(=O)c3c(F)cccc3Cl)CC2C1)c1ccccc1. The molecule has 0 aliphatic carbocycles. The zero-order valence-corrected chi connectivity index (χ0v) is 22.7. The van der Waals surface area contributed by atoms with E-state index >= 15 is 0 Å². The van der Waals surface area contributed by atoms with Crippen LogP contribution < -0.4 is 5.32 Å². The van der Waals surface area contributed by atoms with Crippen molar-refractivity contribution in [2.24, 2.45) is 11.8 Å². The van der Waals surface area contributed by atoms with E-state index in [0.717, 1.165) is 51.3 Å². The van der Waals surface area contributed by atoms with E-state index in [2.05, 4.69) is 27.2 Å². The highest BCUT2D eigenvalue weighted by Gasteiger charge is 2.42. The van der Waals surface area contributed by atoms with Crippen molar-refractivity contribution in [3.05, 3.63) is 70.5 Å². The van der Waals surface area contributed by atoms with Crippen LogP contribution in [-0.4, -0.2) is 78.9 Å². The molecular weight excluding hydrogens is 503 g/mol. The van der Waals surface area contributed by atoms with Crippen LogP contribution >= 0.6 is 11.6 Å². The van der Waals surface area contributed by atoms with Gasteiger partial charge < -0.3 is 20.0 Å². The Kier molecular flexibility index (Phi) is 8.97. The first-order valence-corrected chi connectivity index (χ1v) is 14.4. The second-order valence-electron chi connectivity index (χ2n) is 11.1. The van der Waals surface area contributed by atoms with Gasteiger partial charge in [0, 0.05) is 45.7 Å². The van der Waals surface area contributed by atoms with Crippen LogP contribution in [0, 0.1) is 17.7 Å². The van der Waals surface area contributed by atoms with Gasteiger partial charge in [0.25, 0.3) is 5.91 Å². The van der Waals surface area contributed by atoms with E-state index in [0.29, 0.717) is 31.3 Å². The maximum atomic E-state index is 14.3. The summed E-state index contributed by atoms with van der Waals surface area (Å²) in [5.74, 6) is -0.0159. The van der Waals surface area contributed by atoms with E-state index in [1.54, 1.807) is 11.0 Å². The molecule has 8 heteroatoms. The van der Waals surface area contributed by atoms with E-state index in [4.69, 9.17) is 11.6 Å². The third kappa shape index (κ3) is 6.56. The second-order valence-corrected chi connectivity index (χ2v) is 11.5. The van der Waals surface area contributed by atoms with E-state index in [1.807, 2.05) is 18.2 Å². The van der Waals surface area contributed by atoms with Gasteiger partial charge >= 0.3 is 0 Å². The Labute approximate surface area is 230 Å². The minimum atomic E-state index is -0.564. The van der Waals surface area contributed by atoms with Crippen molar-refractivity contribution < 1.29 is 14.0 Å². The van der Waals surface area contributed by atoms with E-state index in [9.17, 15) is 14.0 Å². The standard InChI is InChI=1S/C30H38ClFN4O2/c31-25-10-7-11-26(32)29(25)30(38)36-20-23-18-35(19-24(23)21-36)16-12-27(22-8-3-1-4-9-22)33-28(37)13-17-34-14-5-2-6-15-34/h1,3-4,7-11,23-24,27H,2,5-6,12-21H2,(H,33,37). The molecule has 3 heterocycles. The molecule has 0 saturated carbocycles. The Morgan fingerprint density at radius 2 is 1.61 bits per heavy atom. The van der Waals surface area contributed by atoms with Crippen molar-refractivity contribution in [3.8, 4) is 0 Å². The van der Waals surface area contributed by atoms with Crippen LogP contribution in [-0.2, 0) is 4.79 Å². The first-order valence-electron chi connectivity index (χ1n) is 14.0. The highest BCUT2D eigenvalue weighted by atomic mass is 35.5. The molecule has 3 atom stereocenters. The summed E-state index contributed by atoms with van der Waals surface area (Å²) in [7, 11) is 0. The minimum Gasteiger partial charge on any atom is -0.349 e. The predicted molar refractivity (Wildman–Crippen MR) is 148 cm³/mol. The van der Waals surface area contributed by atoms with Crippen molar-refractivity contribution in [2.75, 3.05) is 52.4 Å². The number of carbonyl (C=O) groups excluding carboxylic acids is 2. The molecule has 6 nitrogen and oxygen atoms in total. The van der Waals surface area contributed by atoms with Gasteiger partial charge in [0.1, 0.15) is 5.82 Å². The lowest BCUT2D eigenvalue weighted by Crippen LogP contribution is -2.37. The van der Waals surface area contributed by atoms with Crippen LogP contribution in [0.1, 0.15) is 54.1 Å². The van der Waals surface area contributed by atoms with Crippen LogP contribution in [0.2, 0.25) is 5.02 Å². The maximum absolute atomic E-state index is 14.3. The summed E-state index contributed by atoms with van der Waals surface area (Å²) >= 11 is 6.14. The number of amides is 2. The predicted octanol–water partition coefficient (Wildman–Crippen LogP) is 4.61. The number of halogens is 2. The number of hydrogen-bond acceptors (Lipinski definition) is 4. The van der Waals surface area contributed by atoms with Crippen molar-refractivity contribution >= 4 is 23.4 Å². The van der Waals surface area contributed by atoms with Crippen LogP contribution in [0.15, 0.2) is 48.5 Å². The first kappa shape index (κ1) is 27.1. The number of hydrogen-bond donors (Lipinski definition) is 1. The Balaban J connectivity index is 1.13. The average Bonchev–Trinajstić information content (AvgIpc) is 3.50. The smallest absolute Gasteiger partial charge is 0.258 e. The third-order valence-corrected chi connectivity index (χ3v) is 8.72. The number of nitrogens with one attached hydrogen (secondary N) is 1. The summed E-state index contributed by atoms with van der Waals surface area (Å²) in [5.41, 5.74) is 1.12. The Bertz CT molecular complexity index is 1080. The van der Waals surface area contributed by atoms with Gasteiger partial charge in [-0.05, 0) is 61.9 Å². The molecule has 0 spiro atoms. The lowest BCUT2D eigenvalue weighted by Gasteiger charge is -2.27. The molecule has 3 aliphatic rings. The van der Waals surface area contributed by atoms with E-state index in [-0.39, 0.29) is 28.4 Å². The summed E-state index contributed by atoms with van der Waals surface area (Å²) in [6, 6.07) is 14.6. The van der Waals surface area contributed by atoms with Crippen molar-refractivity contribution in [3.63, 3.8) is 0 Å². The molecular formula is C30H38ClFN4O2. The van der Waals surface area contributed by atoms with Crippen LogP contribution in [0.25, 0.3) is 0 Å². The van der Waals surface area contributed by atoms with Gasteiger partial charge in [0.05, 0.1) is 16.6 Å². The molecule has 0 bridgehead atoms. The molecule has 204 valence electrons. The molecule has 5 rings (SSSR count). The van der Waals surface area contributed by atoms with Gasteiger partial charge in [0.15, 0.2) is 0 Å². The quantitative estimate of drug-likeness (QED) is 0.505. The summed E-state index contributed by atoms with van der Waals surface area (Å²) in [6.45, 7) is 6.97. The number of likely N-dealkylation sites (tertiary alicyclic amines) is 3. The molecule has 3 saturated heterocycles.